The zero-order chi connectivity index (χ0) is 15.3. The molecule has 0 saturated carbocycles. The number of furan rings is 1. The van der Waals surface area contributed by atoms with Gasteiger partial charge in [0.1, 0.15) is 11.9 Å². The van der Waals surface area contributed by atoms with Gasteiger partial charge in [-0.25, -0.2) is 0 Å². The second kappa shape index (κ2) is 7.13. The van der Waals surface area contributed by atoms with Crippen molar-refractivity contribution in [1.29, 1.82) is 0 Å². The third-order valence-corrected chi connectivity index (χ3v) is 3.90. The predicted molar refractivity (Wildman–Crippen MR) is 80.5 cm³/mol. The molecule has 7 nitrogen and oxygen atoms in total. The van der Waals surface area contributed by atoms with E-state index in [-0.39, 0.29) is 6.10 Å². The van der Waals surface area contributed by atoms with Gasteiger partial charge in [-0.3, -0.25) is 4.99 Å². The minimum atomic E-state index is -0.435. The molecular formula is C15H23N3O4. The highest BCUT2D eigenvalue weighted by Gasteiger charge is 2.42. The number of ether oxygens (including phenoxy) is 3. The smallest absolute Gasteiger partial charge is 0.191 e. The van der Waals surface area contributed by atoms with Gasteiger partial charge in [0.15, 0.2) is 11.7 Å². The summed E-state index contributed by atoms with van der Waals surface area (Å²) in [4.78, 5) is 4.19. The second-order valence-corrected chi connectivity index (χ2v) is 5.46. The maximum absolute atomic E-state index is 6.07. The number of aliphatic imine (C=N–C) groups is 1. The number of nitrogens with one attached hydrogen (secondary N) is 2. The van der Waals surface area contributed by atoms with Crippen molar-refractivity contribution in [3.63, 3.8) is 0 Å². The standard InChI is InChI=1S/C15H23N3O4/c1-16-14(17-9-12-3-2-6-20-12)18-10-13-11-21-15(22-13)4-7-19-8-5-15/h2-3,6,13H,4-5,7-11H2,1H3,(H2,16,17,18). The molecule has 0 aromatic carbocycles. The van der Waals surface area contributed by atoms with Gasteiger partial charge in [-0.05, 0) is 12.1 Å². The Morgan fingerprint density at radius 2 is 2.23 bits per heavy atom. The van der Waals surface area contributed by atoms with E-state index in [9.17, 15) is 0 Å². The maximum atomic E-state index is 6.07. The van der Waals surface area contributed by atoms with Crippen molar-refractivity contribution in [2.24, 2.45) is 4.99 Å². The molecule has 1 spiro atoms. The van der Waals surface area contributed by atoms with Crippen LogP contribution in [-0.4, -0.2) is 51.3 Å². The summed E-state index contributed by atoms with van der Waals surface area (Å²) >= 11 is 0. The molecule has 3 rings (SSSR count). The molecule has 2 N–H and O–H groups in total. The lowest BCUT2D eigenvalue weighted by atomic mass is 10.1. The Kier molecular flexibility index (Phi) is 4.97. The lowest BCUT2D eigenvalue weighted by molar-refractivity contribution is -0.210. The van der Waals surface area contributed by atoms with Gasteiger partial charge in [0.05, 0.1) is 32.6 Å². The van der Waals surface area contributed by atoms with E-state index < -0.39 is 5.79 Å². The Morgan fingerprint density at radius 3 is 2.95 bits per heavy atom. The zero-order valence-electron chi connectivity index (χ0n) is 12.8. The largest absolute Gasteiger partial charge is 0.467 e. The summed E-state index contributed by atoms with van der Waals surface area (Å²) in [6.07, 6.45) is 3.29. The van der Waals surface area contributed by atoms with E-state index in [1.807, 2.05) is 12.1 Å². The van der Waals surface area contributed by atoms with Gasteiger partial charge in [0.2, 0.25) is 0 Å². The van der Waals surface area contributed by atoms with Crippen LogP contribution < -0.4 is 10.6 Å². The molecule has 22 heavy (non-hydrogen) atoms. The highest BCUT2D eigenvalue weighted by atomic mass is 16.7. The van der Waals surface area contributed by atoms with Gasteiger partial charge in [-0.15, -0.1) is 0 Å². The Balaban J connectivity index is 1.41. The summed E-state index contributed by atoms with van der Waals surface area (Å²) in [5.74, 6) is 1.15. The van der Waals surface area contributed by atoms with E-state index in [0.29, 0.717) is 38.9 Å². The lowest BCUT2D eigenvalue weighted by Crippen LogP contribution is -2.43. The van der Waals surface area contributed by atoms with Crippen LogP contribution >= 0.6 is 0 Å². The van der Waals surface area contributed by atoms with Crippen molar-refractivity contribution in [2.75, 3.05) is 33.4 Å². The highest BCUT2D eigenvalue weighted by Crippen LogP contribution is 2.32. The topological polar surface area (TPSA) is 77.3 Å². The molecule has 2 fully saturated rings. The average molecular weight is 309 g/mol. The fourth-order valence-electron chi connectivity index (χ4n) is 2.68. The van der Waals surface area contributed by atoms with E-state index in [0.717, 1.165) is 18.6 Å². The van der Waals surface area contributed by atoms with Gasteiger partial charge >= 0.3 is 0 Å². The van der Waals surface area contributed by atoms with E-state index in [1.54, 1.807) is 13.3 Å². The van der Waals surface area contributed by atoms with Gasteiger partial charge in [0.25, 0.3) is 0 Å². The Labute approximate surface area is 130 Å². The molecule has 1 aromatic rings. The number of rotatable bonds is 4. The average Bonchev–Trinajstić information content (AvgIpc) is 3.19. The summed E-state index contributed by atoms with van der Waals surface area (Å²) in [6, 6.07) is 3.79. The predicted octanol–water partition coefficient (Wildman–Crippen LogP) is 0.867. The van der Waals surface area contributed by atoms with Gasteiger partial charge in [-0.1, -0.05) is 0 Å². The van der Waals surface area contributed by atoms with Crippen molar-refractivity contribution in [3.05, 3.63) is 24.2 Å². The minimum absolute atomic E-state index is 0.0280. The highest BCUT2D eigenvalue weighted by molar-refractivity contribution is 5.79. The molecule has 3 heterocycles. The first kappa shape index (κ1) is 15.3. The molecule has 1 aromatic heterocycles. The van der Waals surface area contributed by atoms with E-state index in [2.05, 4.69) is 15.6 Å². The SMILES string of the molecule is CN=C(NCc1ccco1)NCC1COC2(CCOCC2)O1. The minimum Gasteiger partial charge on any atom is -0.467 e. The van der Waals surface area contributed by atoms with Gasteiger partial charge in [0, 0.05) is 26.4 Å². The van der Waals surface area contributed by atoms with Crippen LogP contribution in [-0.2, 0) is 20.8 Å². The molecule has 0 radical (unpaired) electrons. The molecule has 122 valence electrons. The molecule has 2 aliphatic heterocycles. The van der Waals surface area contributed by atoms with Crippen LogP contribution in [0.3, 0.4) is 0 Å². The molecule has 2 saturated heterocycles. The number of nitrogens with zero attached hydrogens (tertiary/aromatic N) is 1. The third kappa shape index (κ3) is 3.79. The Hall–Kier alpha value is -1.57. The van der Waals surface area contributed by atoms with Crippen molar-refractivity contribution < 1.29 is 18.6 Å². The summed E-state index contributed by atoms with van der Waals surface area (Å²) in [5.41, 5.74) is 0. The monoisotopic (exact) mass is 309 g/mol. The summed E-state index contributed by atoms with van der Waals surface area (Å²) < 4.78 is 22.6. The van der Waals surface area contributed by atoms with E-state index in [4.69, 9.17) is 18.6 Å². The van der Waals surface area contributed by atoms with Crippen LogP contribution in [0.25, 0.3) is 0 Å². The van der Waals surface area contributed by atoms with Crippen LogP contribution in [0.15, 0.2) is 27.8 Å². The molecule has 2 aliphatic rings. The molecule has 1 atom stereocenters. The first-order valence-corrected chi connectivity index (χ1v) is 7.66. The summed E-state index contributed by atoms with van der Waals surface area (Å²) in [6.45, 7) is 3.25. The first-order chi connectivity index (χ1) is 10.8. The maximum Gasteiger partial charge on any atom is 0.191 e. The molecule has 1 unspecified atom stereocenters. The van der Waals surface area contributed by atoms with Crippen LogP contribution in [0.4, 0.5) is 0 Å². The van der Waals surface area contributed by atoms with Crippen LogP contribution in [0.2, 0.25) is 0 Å². The molecular weight excluding hydrogens is 286 g/mol. The third-order valence-electron chi connectivity index (χ3n) is 3.90. The second-order valence-electron chi connectivity index (χ2n) is 5.46. The fraction of sp³-hybridized carbons (Fsp3) is 0.667. The zero-order valence-corrected chi connectivity index (χ0v) is 12.8. The number of guanidine groups is 1. The van der Waals surface area contributed by atoms with E-state index in [1.165, 1.54) is 0 Å². The van der Waals surface area contributed by atoms with Crippen LogP contribution in [0, 0.1) is 0 Å². The van der Waals surface area contributed by atoms with E-state index >= 15 is 0 Å². The Morgan fingerprint density at radius 1 is 1.36 bits per heavy atom. The molecule has 7 heteroatoms. The van der Waals surface area contributed by atoms with Crippen molar-refractivity contribution in [1.82, 2.24) is 10.6 Å². The van der Waals surface area contributed by atoms with Gasteiger partial charge in [-0.2, -0.15) is 0 Å². The Bertz CT molecular complexity index is 483. The van der Waals surface area contributed by atoms with Crippen molar-refractivity contribution in [3.8, 4) is 0 Å². The lowest BCUT2D eigenvalue weighted by Gasteiger charge is -2.31. The summed E-state index contributed by atoms with van der Waals surface area (Å²) in [7, 11) is 1.74. The normalized spacial score (nSPS) is 24.6. The van der Waals surface area contributed by atoms with Crippen molar-refractivity contribution in [2.45, 2.75) is 31.3 Å². The van der Waals surface area contributed by atoms with Crippen LogP contribution in [0.5, 0.6) is 0 Å². The first-order valence-electron chi connectivity index (χ1n) is 7.66. The van der Waals surface area contributed by atoms with Gasteiger partial charge < -0.3 is 29.3 Å². The number of hydrogen-bond donors (Lipinski definition) is 2. The quantitative estimate of drug-likeness (QED) is 0.635. The molecule has 0 amide bonds. The van der Waals surface area contributed by atoms with Crippen LogP contribution in [0.1, 0.15) is 18.6 Å². The number of hydrogen-bond acceptors (Lipinski definition) is 5. The van der Waals surface area contributed by atoms with Crippen molar-refractivity contribution >= 4 is 5.96 Å². The molecule has 0 aliphatic carbocycles. The summed E-state index contributed by atoms with van der Waals surface area (Å²) in [5, 5.41) is 6.45. The molecule has 0 bridgehead atoms. The fourth-order valence-corrected chi connectivity index (χ4v) is 2.68.